The molecule has 5 nitrogen and oxygen atoms in total. The third-order valence-corrected chi connectivity index (χ3v) is 3.52. The van der Waals surface area contributed by atoms with Gasteiger partial charge in [-0.05, 0) is 18.6 Å². The molecular formula is C16H13N5. The van der Waals surface area contributed by atoms with E-state index >= 15 is 0 Å². The first-order valence-electron chi connectivity index (χ1n) is 6.72. The molecule has 0 saturated heterocycles. The van der Waals surface area contributed by atoms with Crippen molar-refractivity contribution in [3.63, 3.8) is 0 Å². The molecule has 3 heterocycles. The van der Waals surface area contributed by atoms with Crippen molar-refractivity contribution in [2.45, 2.75) is 6.92 Å². The van der Waals surface area contributed by atoms with Crippen molar-refractivity contribution in [2.24, 2.45) is 0 Å². The third kappa shape index (κ3) is 1.90. The fourth-order valence-electron chi connectivity index (χ4n) is 2.47. The van der Waals surface area contributed by atoms with Crippen LogP contribution < -0.4 is 0 Å². The Bertz CT molecular complexity index is 905. The summed E-state index contributed by atoms with van der Waals surface area (Å²) >= 11 is 0. The van der Waals surface area contributed by atoms with Crippen LogP contribution in [0.25, 0.3) is 22.7 Å². The van der Waals surface area contributed by atoms with E-state index in [1.165, 1.54) is 5.56 Å². The predicted octanol–water partition coefficient (Wildman–Crippen LogP) is 2.89. The van der Waals surface area contributed by atoms with Crippen molar-refractivity contribution in [1.82, 2.24) is 24.1 Å². The number of para-hydroxylation sites is 1. The molecule has 21 heavy (non-hydrogen) atoms. The molecule has 0 saturated carbocycles. The van der Waals surface area contributed by atoms with Gasteiger partial charge in [-0.1, -0.05) is 18.2 Å². The predicted molar refractivity (Wildman–Crippen MR) is 80.3 cm³/mol. The maximum atomic E-state index is 4.55. The van der Waals surface area contributed by atoms with Gasteiger partial charge < -0.3 is 0 Å². The van der Waals surface area contributed by atoms with Crippen LogP contribution in [-0.2, 0) is 0 Å². The van der Waals surface area contributed by atoms with Gasteiger partial charge in [0.05, 0.1) is 6.20 Å². The van der Waals surface area contributed by atoms with Crippen LogP contribution in [-0.4, -0.2) is 24.1 Å². The summed E-state index contributed by atoms with van der Waals surface area (Å²) in [4.78, 5) is 8.39. The standard InChI is InChI=1S/C16H13N5/c1-12-4-2-3-5-15(12)20-8-9-21-16(20)10-13(19-21)14-11-17-6-7-18-14/h2-11H,1H3. The first-order valence-corrected chi connectivity index (χ1v) is 6.72. The van der Waals surface area contributed by atoms with Crippen LogP contribution >= 0.6 is 0 Å². The largest absolute Gasteiger partial charge is 0.300 e. The minimum absolute atomic E-state index is 0.775. The highest BCUT2D eigenvalue weighted by Gasteiger charge is 2.11. The zero-order valence-electron chi connectivity index (χ0n) is 11.5. The lowest BCUT2D eigenvalue weighted by Crippen LogP contribution is -1.94. The number of hydrogen-bond donors (Lipinski definition) is 0. The Hall–Kier alpha value is -2.95. The average molecular weight is 275 g/mol. The zero-order valence-corrected chi connectivity index (χ0v) is 11.5. The fraction of sp³-hybridized carbons (Fsp3) is 0.0625. The monoisotopic (exact) mass is 275 g/mol. The summed E-state index contributed by atoms with van der Waals surface area (Å²) in [6.07, 6.45) is 9.02. The lowest BCUT2D eigenvalue weighted by atomic mass is 10.2. The van der Waals surface area contributed by atoms with Crippen LogP contribution in [0.3, 0.4) is 0 Å². The summed E-state index contributed by atoms with van der Waals surface area (Å²) in [5.41, 5.74) is 4.97. The number of aryl methyl sites for hydroxylation is 1. The summed E-state index contributed by atoms with van der Waals surface area (Å²) in [7, 11) is 0. The van der Waals surface area contributed by atoms with Gasteiger partial charge in [-0.25, -0.2) is 4.52 Å². The van der Waals surface area contributed by atoms with E-state index in [0.717, 1.165) is 22.7 Å². The maximum absolute atomic E-state index is 4.55. The van der Waals surface area contributed by atoms with Gasteiger partial charge in [0.25, 0.3) is 0 Å². The summed E-state index contributed by atoms with van der Waals surface area (Å²) in [6.45, 7) is 2.10. The summed E-state index contributed by atoms with van der Waals surface area (Å²) in [5, 5.41) is 4.55. The molecule has 0 spiro atoms. The first kappa shape index (κ1) is 11.8. The second-order valence-electron chi connectivity index (χ2n) is 4.88. The Balaban J connectivity index is 1.90. The number of rotatable bonds is 2. The topological polar surface area (TPSA) is 48.0 Å². The van der Waals surface area contributed by atoms with Gasteiger partial charge in [-0.3, -0.25) is 14.5 Å². The number of nitrogens with zero attached hydrogens (tertiary/aromatic N) is 5. The molecule has 0 aliphatic carbocycles. The highest BCUT2D eigenvalue weighted by molar-refractivity contribution is 5.62. The molecule has 0 amide bonds. The van der Waals surface area contributed by atoms with Crippen molar-refractivity contribution in [1.29, 1.82) is 0 Å². The van der Waals surface area contributed by atoms with Gasteiger partial charge >= 0.3 is 0 Å². The molecule has 0 atom stereocenters. The molecule has 0 radical (unpaired) electrons. The van der Waals surface area contributed by atoms with E-state index in [1.54, 1.807) is 18.6 Å². The molecule has 1 aromatic carbocycles. The van der Waals surface area contributed by atoms with Crippen molar-refractivity contribution in [3.05, 3.63) is 66.9 Å². The van der Waals surface area contributed by atoms with E-state index in [-0.39, 0.29) is 0 Å². The number of imidazole rings is 1. The number of fused-ring (bicyclic) bond motifs is 1. The molecule has 4 aromatic rings. The smallest absolute Gasteiger partial charge is 0.141 e. The zero-order chi connectivity index (χ0) is 14.2. The van der Waals surface area contributed by atoms with E-state index in [1.807, 2.05) is 35.1 Å². The summed E-state index contributed by atoms with van der Waals surface area (Å²) < 4.78 is 3.98. The first-order chi connectivity index (χ1) is 10.3. The van der Waals surface area contributed by atoms with Crippen LogP contribution in [0.2, 0.25) is 0 Å². The second kappa shape index (κ2) is 4.56. The molecule has 3 aromatic heterocycles. The average Bonchev–Trinajstić information content (AvgIpc) is 3.09. The van der Waals surface area contributed by atoms with Crippen LogP contribution in [0.15, 0.2) is 61.3 Å². The van der Waals surface area contributed by atoms with Crippen molar-refractivity contribution in [3.8, 4) is 17.1 Å². The van der Waals surface area contributed by atoms with Crippen LogP contribution in [0, 0.1) is 6.92 Å². The van der Waals surface area contributed by atoms with E-state index < -0.39 is 0 Å². The van der Waals surface area contributed by atoms with Gasteiger partial charge in [0.15, 0.2) is 0 Å². The maximum Gasteiger partial charge on any atom is 0.141 e. The van der Waals surface area contributed by atoms with Crippen molar-refractivity contribution >= 4 is 5.65 Å². The van der Waals surface area contributed by atoms with Crippen molar-refractivity contribution < 1.29 is 0 Å². The number of hydrogen-bond acceptors (Lipinski definition) is 3. The Labute approximate surface area is 121 Å². The Kier molecular flexibility index (Phi) is 2.57. The van der Waals surface area contributed by atoms with Crippen molar-refractivity contribution in [2.75, 3.05) is 0 Å². The molecule has 0 fully saturated rings. The number of aromatic nitrogens is 5. The van der Waals surface area contributed by atoms with E-state index in [0.29, 0.717) is 0 Å². The fourth-order valence-corrected chi connectivity index (χ4v) is 2.47. The third-order valence-electron chi connectivity index (χ3n) is 3.52. The highest BCUT2D eigenvalue weighted by Crippen LogP contribution is 2.21. The van der Waals surface area contributed by atoms with Crippen LogP contribution in [0.1, 0.15) is 5.56 Å². The summed E-state index contributed by atoms with van der Waals surface area (Å²) in [6, 6.07) is 10.3. The number of benzene rings is 1. The molecule has 102 valence electrons. The summed E-state index contributed by atoms with van der Waals surface area (Å²) in [5.74, 6) is 0. The minimum Gasteiger partial charge on any atom is -0.300 e. The quantitative estimate of drug-likeness (QED) is 0.565. The molecule has 0 aliphatic heterocycles. The molecule has 0 unspecified atom stereocenters. The van der Waals surface area contributed by atoms with E-state index in [4.69, 9.17) is 0 Å². The SMILES string of the molecule is Cc1ccccc1-n1ccn2nc(-c3cnccn3)cc12. The Morgan fingerprint density at radius 3 is 2.71 bits per heavy atom. The Morgan fingerprint density at radius 2 is 1.90 bits per heavy atom. The lowest BCUT2D eigenvalue weighted by molar-refractivity contribution is 0.963. The van der Waals surface area contributed by atoms with Gasteiger partial charge in [0.1, 0.15) is 17.0 Å². The highest BCUT2D eigenvalue weighted by atomic mass is 15.3. The van der Waals surface area contributed by atoms with E-state index in [9.17, 15) is 0 Å². The van der Waals surface area contributed by atoms with Gasteiger partial charge in [-0.2, -0.15) is 5.10 Å². The normalized spacial score (nSPS) is 11.1. The molecule has 5 heteroatoms. The molecule has 0 N–H and O–H groups in total. The van der Waals surface area contributed by atoms with Crippen LogP contribution in [0.4, 0.5) is 0 Å². The minimum atomic E-state index is 0.775. The van der Waals surface area contributed by atoms with Gasteiger partial charge in [-0.15, -0.1) is 0 Å². The Morgan fingerprint density at radius 1 is 1.00 bits per heavy atom. The van der Waals surface area contributed by atoms with E-state index in [2.05, 4.69) is 38.7 Å². The molecule has 0 bridgehead atoms. The molecule has 0 aliphatic rings. The van der Waals surface area contributed by atoms with Gasteiger partial charge in [0.2, 0.25) is 0 Å². The molecule has 4 rings (SSSR count). The van der Waals surface area contributed by atoms with Gasteiger partial charge in [0, 0.05) is 36.5 Å². The second-order valence-corrected chi connectivity index (χ2v) is 4.88. The van der Waals surface area contributed by atoms with Crippen LogP contribution in [0.5, 0.6) is 0 Å². The molecular weight excluding hydrogens is 262 g/mol. The lowest BCUT2D eigenvalue weighted by Gasteiger charge is -2.06.